The smallest absolute Gasteiger partial charge is 0.319 e. The Morgan fingerprint density at radius 1 is 1.17 bits per heavy atom. The summed E-state index contributed by atoms with van der Waals surface area (Å²) in [4.78, 5) is 14.6. The van der Waals surface area contributed by atoms with Crippen molar-refractivity contribution in [1.29, 1.82) is 0 Å². The van der Waals surface area contributed by atoms with Gasteiger partial charge in [-0.3, -0.25) is 4.90 Å². The Balaban J connectivity index is 1.27. The van der Waals surface area contributed by atoms with Crippen LogP contribution < -0.4 is 19.7 Å². The number of hydrogen-bond donors (Lipinski definition) is 2. The van der Waals surface area contributed by atoms with Gasteiger partial charge in [-0.25, -0.2) is 4.39 Å². The van der Waals surface area contributed by atoms with Gasteiger partial charge in [0.05, 0.1) is 22.0 Å². The molecule has 0 radical (unpaired) electrons. The van der Waals surface area contributed by atoms with E-state index in [0.717, 1.165) is 64.7 Å². The van der Waals surface area contributed by atoms with E-state index in [0.29, 0.717) is 58.0 Å². The van der Waals surface area contributed by atoms with Crippen molar-refractivity contribution >= 4 is 39.1 Å². The van der Waals surface area contributed by atoms with Crippen LogP contribution in [0.25, 0.3) is 32.8 Å². The van der Waals surface area contributed by atoms with Crippen LogP contribution in [0.1, 0.15) is 44.1 Å². The summed E-state index contributed by atoms with van der Waals surface area (Å²) in [7, 11) is 0. The average Bonchev–Trinajstić information content (AvgIpc) is 3.72. The number of phenolic OH excluding ortho intramolecular Hbond substituents is 1. The van der Waals surface area contributed by atoms with Crippen LogP contribution in [0.15, 0.2) is 30.3 Å². The van der Waals surface area contributed by atoms with Crippen LogP contribution in [0.5, 0.6) is 17.5 Å². The molecule has 2 bridgehead atoms. The third-order valence-electron chi connectivity index (χ3n) is 11.2. The maximum atomic E-state index is 17.3. The fourth-order valence-electron chi connectivity index (χ4n) is 8.97. The van der Waals surface area contributed by atoms with Crippen LogP contribution in [0.3, 0.4) is 0 Å². The highest BCUT2D eigenvalue weighted by atomic mass is 35.5. The summed E-state index contributed by atoms with van der Waals surface area (Å²) in [5, 5.41) is 16.3. The molecule has 2 N–H and O–H groups in total. The molecule has 10 heteroatoms. The lowest BCUT2D eigenvalue weighted by Gasteiger charge is -2.34. The molecular weight excluding hydrogens is 605 g/mol. The van der Waals surface area contributed by atoms with Crippen LogP contribution in [0, 0.1) is 24.1 Å². The molecule has 0 aliphatic carbocycles. The van der Waals surface area contributed by atoms with E-state index in [-0.39, 0.29) is 45.5 Å². The summed E-state index contributed by atoms with van der Waals surface area (Å²) < 4.78 is 30.3. The molecule has 0 spiro atoms. The second-order valence-corrected chi connectivity index (χ2v) is 14.0. The number of fused-ring (bicyclic) bond motifs is 7. The molecule has 1 aromatic heterocycles. The van der Waals surface area contributed by atoms with Crippen molar-refractivity contribution in [1.82, 2.24) is 20.2 Å². The first-order valence-electron chi connectivity index (χ1n) is 16.4. The van der Waals surface area contributed by atoms with E-state index in [1.807, 2.05) is 12.1 Å². The number of nitrogens with zero attached hydrogens (tertiary/aromatic N) is 4. The summed E-state index contributed by atoms with van der Waals surface area (Å²) in [5.41, 5.74) is 1.08. The highest BCUT2D eigenvalue weighted by Gasteiger charge is 2.46. The van der Waals surface area contributed by atoms with Crippen molar-refractivity contribution in [3.8, 4) is 41.0 Å². The maximum absolute atomic E-state index is 17.3. The SMILES string of the molecule is C#Cc1cccc2cc(O)cc(-c3c(Cl)c4c5c(nc(OCC67CCCN6CCC7)nc5c3F)N3CCC5CNC(C5)C3CO4)c12. The van der Waals surface area contributed by atoms with Crippen LogP contribution >= 0.6 is 11.6 Å². The van der Waals surface area contributed by atoms with Gasteiger partial charge in [0.2, 0.25) is 0 Å². The van der Waals surface area contributed by atoms with E-state index in [2.05, 4.69) is 21.0 Å². The third-order valence-corrected chi connectivity index (χ3v) is 11.5. The predicted molar refractivity (Wildman–Crippen MR) is 176 cm³/mol. The minimum absolute atomic E-state index is 0.0231. The number of phenols is 1. The normalized spacial score (nSPS) is 24.7. The molecule has 4 aromatic rings. The number of ether oxygens (including phenoxy) is 2. The quantitative estimate of drug-likeness (QED) is 0.268. The Kier molecular flexibility index (Phi) is 6.54. The van der Waals surface area contributed by atoms with Gasteiger partial charge in [-0.2, -0.15) is 9.97 Å². The van der Waals surface area contributed by atoms with E-state index in [1.165, 1.54) is 6.07 Å². The molecule has 0 saturated carbocycles. The maximum Gasteiger partial charge on any atom is 0.319 e. The van der Waals surface area contributed by atoms with Crippen LogP contribution in [0.4, 0.5) is 10.2 Å². The molecule has 9 rings (SSSR count). The molecule has 236 valence electrons. The van der Waals surface area contributed by atoms with Gasteiger partial charge < -0.3 is 24.8 Å². The van der Waals surface area contributed by atoms with Gasteiger partial charge in [-0.15, -0.1) is 6.42 Å². The Bertz CT molecular complexity index is 1950. The number of hydrogen-bond acceptors (Lipinski definition) is 8. The average molecular weight is 640 g/mol. The number of benzene rings is 3. The van der Waals surface area contributed by atoms with Crippen molar-refractivity contribution in [2.45, 2.75) is 56.1 Å². The number of anilines is 1. The molecule has 5 aliphatic heterocycles. The van der Waals surface area contributed by atoms with Crippen molar-refractivity contribution in [3.05, 3.63) is 46.7 Å². The largest absolute Gasteiger partial charge is 0.508 e. The first-order valence-corrected chi connectivity index (χ1v) is 16.8. The van der Waals surface area contributed by atoms with Gasteiger partial charge in [-0.1, -0.05) is 29.7 Å². The molecule has 6 heterocycles. The fourth-order valence-corrected chi connectivity index (χ4v) is 9.30. The molecule has 0 amide bonds. The van der Waals surface area contributed by atoms with Crippen molar-refractivity contribution < 1.29 is 19.0 Å². The topological polar surface area (TPSA) is 83.0 Å². The third kappa shape index (κ3) is 4.20. The number of halogens is 2. The summed E-state index contributed by atoms with van der Waals surface area (Å²) in [6, 6.07) is 8.90. The first kappa shape index (κ1) is 28.4. The van der Waals surface area contributed by atoms with Crippen LogP contribution in [0.2, 0.25) is 5.02 Å². The van der Waals surface area contributed by atoms with Gasteiger partial charge in [0.15, 0.2) is 11.6 Å². The second-order valence-electron chi connectivity index (χ2n) is 13.6. The van der Waals surface area contributed by atoms with Crippen LogP contribution in [-0.4, -0.2) is 77.0 Å². The Hall–Kier alpha value is -3.84. The number of rotatable bonds is 4. The first-order chi connectivity index (χ1) is 22.4. The number of aromatic hydroxyl groups is 1. The van der Waals surface area contributed by atoms with E-state index in [9.17, 15) is 5.11 Å². The van der Waals surface area contributed by atoms with E-state index >= 15 is 4.39 Å². The standard InChI is InChI=1S/C36H35ClFN5O3/c1-2-21-6-3-7-22-15-23(44)16-24(27(21)22)28-30(37)33-29-32(31(28)38)40-35(46-19-36-9-4-11-42(36)12-5-10-36)41-34(29)43-13-8-20-14-25(39-17-20)26(43)18-45-33/h1,3,6-7,15-16,20,25-26,39,44H,4-5,8-14,17-19H2. The molecule has 4 saturated heterocycles. The van der Waals surface area contributed by atoms with Crippen LogP contribution in [-0.2, 0) is 0 Å². The molecule has 46 heavy (non-hydrogen) atoms. The Labute approximate surface area is 271 Å². The number of aromatic nitrogens is 2. The number of nitrogens with one attached hydrogen (secondary N) is 1. The Morgan fingerprint density at radius 2 is 2.02 bits per heavy atom. The Morgan fingerprint density at radius 3 is 2.85 bits per heavy atom. The molecule has 5 aliphatic rings. The molecule has 3 atom stereocenters. The van der Waals surface area contributed by atoms with Crippen molar-refractivity contribution in [2.24, 2.45) is 5.92 Å². The predicted octanol–water partition coefficient (Wildman–Crippen LogP) is 5.89. The van der Waals surface area contributed by atoms with E-state index in [1.54, 1.807) is 12.1 Å². The zero-order chi connectivity index (χ0) is 31.2. The van der Waals surface area contributed by atoms with Gasteiger partial charge >= 0.3 is 6.01 Å². The summed E-state index contributed by atoms with van der Waals surface area (Å²) >= 11 is 7.18. The zero-order valence-electron chi connectivity index (χ0n) is 25.5. The molecule has 8 nitrogen and oxygen atoms in total. The minimum Gasteiger partial charge on any atom is -0.508 e. The monoisotopic (exact) mass is 639 g/mol. The lowest BCUT2D eigenvalue weighted by Crippen LogP contribution is -2.51. The minimum atomic E-state index is -0.631. The van der Waals surface area contributed by atoms with Crippen molar-refractivity contribution in [2.75, 3.05) is 44.3 Å². The molecule has 3 aromatic carbocycles. The zero-order valence-corrected chi connectivity index (χ0v) is 26.2. The highest BCUT2D eigenvalue weighted by Crippen LogP contribution is 2.51. The lowest BCUT2D eigenvalue weighted by atomic mass is 9.93. The summed E-state index contributed by atoms with van der Waals surface area (Å²) in [6.07, 6.45) is 12.4. The van der Waals surface area contributed by atoms with Gasteiger partial charge in [0.25, 0.3) is 0 Å². The lowest BCUT2D eigenvalue weighted by molar-refractivity contribution is 0.108. The van der Waals surface area contributed by atoms with Gasteiger partial charge in [0, 0.05) is 29.1 Å². The van der Waals surface area contributed by atoms with Gasteiger partial charge in [0.1, 0.15) is 30.3 Å². The van der Waals surface area contributed by atoms with Crippen molar-refractivity contribution in [3.63, 3.8) is 0 Å². The number of terminal acetylenes is 1. The molecule has 3 unspecified atom stereocenters. The molecular formula is C36H35ClFN5O3. The summed E-state index contributed by atoms with van der Waals surface area (Å²) in [6.45, 7) is 4.71. The van der Waals surface area contributed by atoms with E-state index in [4.69, 9.17) is 37.5 Å². The van der Waals surface area contributed by atoms with Gasteiger partial charge in [-0.05, 0) is 93.2 Å². The highest BCUT2D eigenvalue weighted by molar-refractivity contribution is 6.37. The fraction of sp³-hybridized carbons (Fsp3) is 0.444. The summed E-state index contributed by atoms with van der Waals surface area (Å²) in [5.74, 6) is 3.56. The van der Waals surface area contributed by atoms with E-state index < -0.39 is 5.82 Å². The molecule has 4 fully saturated rings. The second kappa shape index (κ2) is 10.6.